The van der Waals surface area contributed by atoms with Crippen LogP contribution in [0.3, 0.4) is 0 Å². The summed E-state index contributed by atoms with van der Waals surface area (Å²) in [6, 6.07) is 9.76. The van der Waals surface area contributed by atoms with Crippen molar-refractivity contribution in [3.05, 3.63) is 47.0 Å². The Morgan fingerprint density at radius 2 is 2.00 bits per heavy atom. The van der Waals surface area contributed by atoms with Crippen molar-refractivity contribution in [1.29, 1.82) is 0 Å². The molecular formula is C13H10ClN3O3S. The zero-order valence-electron chi connectivity index (χ0n) is 10.9. The molecule has 21 heavy (non-hydrogen) atoms. The van der Waals surface area contributed by atoms with E-state index in [1.54, 1.807) is 37.3 Å². The van der Waals surface area contributed by atoms with E-state index in [0.717, 1.165) is 0 Å². The molecule has 0 amide bonds. The maximum atomic E-state index is 12.6. The lowest BCUT2D eigenvalue weighted by Gasteiger charge is -2.10. The molecule has 6 nitrogen and oxygen atoms in total. The Bertz CT molecular complexity index is 921. The molecule has 3 aromatic rings. The van der Waals surface area contributed by atoms with Gasteiger partial charge in [-0.1, -0.05) is 23.7 Å². The molecule has 0 saturated carbocycles. The summed E-state index contributed by atoms with van der Waals surface area (Å²) in [6.07, 6.45) is 0. The number of fused-ring (bicyclic) bond motifs is 1. The van der Waals surface area contributed by atoms with Crippen molar-refractivity contribution in [1.82, 2.24) is 10.3 Å². The predicted octanol–water partition coefficient (Wildman–Crippen LogP) is 2.99. The third-order valence-corrected chi connectivity index (χ3v) is 4.72. The SMILES string of the molecule is Cc1ccc2nonc2c1S(=O)(=O)Nc1cccc(Cl)c1. The minimum atomic E-state index is -3.83. The summed E-state index contributed by atoms with van der Waals surface area (Å²) in [5.41, 5.74) is 1.50. The molecule has 0 aliphatic carbocycles. The van der Waals surface area contributed by atoms with E-state index >= 15 is 0 Å². The highest BCUT2D eigenvalue weighted by Gasteiger charge is 2.23. The number of halogens is 1. The molecule has 0 spiro atoms. The van der Waals surface area contributed by atoms with Gasteiger partial charge in [-0.3, -0.25) is 4.72 Å². The van der Waals surface area contributed by atoms with Crippen molar-refractivity contribution in [3.63, 3.8) is 0 Å². The van der Waals surface area contributed by atoms with Crippen molar-refractivity contribution in [2.24, 2.45) is 0 Å². The Labute approximate surface area is 125 Å². The largest absolute Gasteiger partial charge is 0.280 e. The van der Waals surface area contributed by atoms with E-state index < -0.39 is 10.0 Å². The number of nitrogens with one attached hydrogen (secondary N) is 1. The van der Waals surface area contributed by atoms with Crippen LogP contribution in [0.5, 0.6) is 0 Å². The van der Waals surface area contributed by atoms with E-state index in [0.29, 0.717) is 21.8 Å². The van der Waals surface area contributed by atoms with Gasteiger partial charge in [0.25, 0.3) is 10.0 Å². The van der Waals surface area contributed by atoms with E-state index in [4.69, 9.17) is 11.6 Å². The van der Waals surface area contributed by atoms with Crippen molar-refractivity contribution in [3.8, 4) is 0 Å². The van der Waals surface area contributed by atoms with Gasteiger partial charge < -0.3 is 0 Å². The van der Waals surface area contributed by atoms with Gasteiger partial charge in [-0.05, 0) is 47.1 Å². The second-order valence-electron chi connectivity index (χ2n) is 4.46. The van der Waals surface area contributed by atoms with Gasteiger partial charge in [0.15, 0.2) is 5.52 Å². The molecule has 0 radical (unpaired) electrons. The molecule has 1 aromatic heterocycles. The number of nitrogens with zero attached hydrogens (tertiary/aromatic N) is 2. The van der Waals surface area contributed by atoms with Crippen LogP contribution in [0, 0.1) is 6.92 Å². The quantitative estimate of drug-likeness (QED) is 0.801. The summed E-state index contributed by atoms with van der Waals surface area (Å²) in [7, 11) is -3.83. The van der Waals surface area contributed by atoms with Crippen molar-refractivity contribution < 1.29 is 13.0 Å². The van der Waals surface area contributed by atoms with E-state index in [1.807, 2.05) is 0 Å². The molecule has 0 unspecified atom stereocenters. The summed E-state index contributed by atoms with van der Waals surface area (Å²) < 4.78 is 32.3. The molecule has 3 rings (SSSR count). The Balaban J connectivity index is 2.12. The van der Waals surface area contributed by atoms with Crippen LogP contribution in [0.15, 0.2) is 45.9 Å². The van der Waals surface area contributed by atoms with Gasteiger partial charge in [0, 0.05) is 5.02 Å². The van der Waals surface area contributed by atoms with Crippen LogP contribution >= 0.6 is 11.6 Å². The van der Waals surface area contributed by atoms with Gasteiger partial charge in [0.05, 0.1) is 5.69 Å². The Hall–Kier alpha value is -2.12. The lowest BCUT2D eigenvalue weighted by atomic mass is 10.2. The topological polar surface area (TPSA) is 85.1 Å². The molecule has 0 atom stereocenters. The zero-order chi connectivity index (χ0) is 15.0. The Kier molecular flexibility index (Phi) is 3.30. The number of benzene rings is 2. The third kappa shape index (κ3) is 2.57. The first-order chi connectivity index (χ1) is 9.97. The maximum Gasteiger partial charge on any atom is 0.264 e. The molecule has 1 heterocycles. The highest BCUT2D eigenvalue weighted by Crippen LogP contribution is 2.26. The lowest BCUT2D eigenvalue weighted by molar-refractivity contribution is 0.315. The number of hydrogen-bond donors (Lipinski definition) is 1. The second kappa shape index (κ2) is 5.01. The Morgan fingerprint density at radius 3 is 2.76 bits per heavy atom. The fourth-order valence-corrected chi connectivity index (χ4v) is 3.64. The van der Waals surface area contributed by atoms with Gasteiger partial charge >= 0.3 is 0 Å². The minimum Gasteiger partial charge on any atom is -0.280 e. The van der Waals surface area contributed by atoms with E-state index in [1.165, 1.54) is 6.07 Å². The van der Waals surface area contributed by atoms with Crippen molar-refractivity contribution >= 4 is 38.3 Å². The molecular weight excluding hydrogens is 314 g/mol. The molecule has 0 fully saturated rings. The number of aryl methyl sites for hydroxylation is 1. The van der Waals surface area contributed by atoms with Crippen LogP contribution in [0.2, 0.25) is 5.02 Å². The number of hydrogen-bond acceptors (Lipinski definition) is 5. The molecule has 1 N–H and O–H groups in total. The second-order valence-corrected chi connectivity index (χ2v) is 6.52. The van der Waals surface area contributed by atoms with Crippen LogP contribution in [0.1, 0.15) is 5.56 Å². The first kappa shape index (κ1) is 13.8. The van der Waals surface area contributed by atoms with Gasteiger partial charge in [-0.2, -0.15) is 0 Å². The standard InChI is InChI=1S/C13H10ClN3O3S/c1-8-5-6-11-12(16-20-15-11)13(8)21(18,19)17-10-4-2-3-9(14)7-10/h2-7,17H,1H3. The summed E-state index contributed by atoms with van der Waals surface area (Å²) in [6.45, 7) is 1.68. The monoisotopic (exact) mass is 323 g/mol. The van der Waals surface area contributed by atoms with Gasteiger partial charge in [0.1, 0.15) is 10.4 Å². The first-order valence-corrected chi connectivity index (χ1v) is 7.84. The number of anilines is 1. The highest BCUT2D eigenvalue weighted by molar-refractivity contribution is 7.93. The predicted molar refractivity (Wildman–Crippen MR) is 78.8 cm³/mol. The summed E-state index contributed by atoms with van der Waals surface area (Å²) in [4.78, 5) is 0.0428. The first-order valence-electron chi connectivity index (χ1n) is 5.97. The van der Waals surface area contributed by atoms with Crippen molar-refractivity contribution in [2.75, 3.05) is 4.72 Å². The number of rotatable bonds is 3. The molecule has 0 bridgehead atoms. The average molecular weight is 324 g/mol. The molecule has 0 saturated heterocycles. The smallest absolute Gasteiger partial charge is 0.264 e. The van der Waals surface area contributed by atoms with Crippen molar-refractivity contribution in [2.45, 2.75) is 11.8 Å². The molecule has 108 valence electrons. The molecule has 0 aliphatic rings. The highest BCUT2D eigenvalue weighted by atomic mass is 35.5. The van der Waals surface area contributed by atoms with Crippen LogP contribution in [0.25, 0.3) is 11.0 Å². The summed E-state index contributed by atoms with van der Waals surface area (Å²) in [5, 5.41) is 7.77. The maximum absolute atomic E-state index is 12.6. The normalized spacial score (nSPS) is 11.7. The van der Waals surface area contributed by atoms with Crippen LogP contribution in [0.4, 0.5) is 5.69 Å². The summed E-state index contributed by atoms with van der Waals surface area (Å²) >= 11 is 5.86. The fourth-order valence-electron chi connectivity index (χ4n) is 2.03. The van der Waals surface area contributed by atoms with E-state index in [9.17, 15) is 8.42 Å². The van der Waals surface area contributed by atoms with Crippen LogP contribution in [-0.2, 0) is 10.0 Å². The van der Waals surface area contributed by atoms with Crippen LogP contribution < -0.4 is 4.72 Å². The molecule has 0 aliphatic heterocycles. The zero-order valence-corrected chi connectivity index (χ0v) is 12.4. The lowest BCUT2D eigenvalue weighted by Crippen LogP contribution is -2.14. The third-order valence-electron chi connectivity index (χ3n) is 2.92. The summed E-state index contributed by atoms with van der Waals surface area (Å²) in [5.74, 6) is 0. The average Bonchev–Trinajstić information content (AvgIpc) is 2.85. The number of aromatic nitrogens is 2. The Morgan fingerprint density at radius 1 is 1.19 bits per heavy atom. The number of sulfonamides is 1. The van der Waals surface area contributed by atoms with E-state index in [-0.39, 0.29) is 10.4 Å². The minimum absolute atomic E-state index is 0.0428. The van der Waals surface area contributed by atoms with Gasteiger partial charge in [-0.15, -0.1) is 0 Å². The fraction of sp³-hybridized carbons (Fsp3) is 0.0769. The van der Waals surface area contributed by atoms with Gasteiger partial charge in [0.2, 0.25) is 0 Å². The van der Waals surface area contributed by atoms with E-state index in [2.05, 4.69) is 19.7 Å². The molecule has 8 heteroatoms. The molecule has 2 aromatic carbocycles. The van der Waals surface area contributed by atoms with Gasteiger partial charge in [-0.25, -0.2) is 13.0 Å². The van der Waals surface area contributed by atoms with Crippen LogP contribution in [-0.4, -0.2) is 18.7 Å².